The quantitative estimate of drug-likeness (QED) is 0.531. The lowest BCUT2D eigenvalue weighted by molar-refractivity contribution is 1.13. The summed E-state index contributed by atoms with van der Waals surface area (Å²) in [5, 5.41) is -0.0967. The summed E-state index contributed by atoms with van der Waals surface area (Å²) in [6.45, 7) is 4.18. The van der Waals surface area contributed by atoms with Crippen molar-refractivity contribution in [2.24, 2.45) is 0 Å². The average molecular weight is 395 g/mol. The minimum absolute atomic E-state index is 0.0967. The largest absolute Gasteiger partial charge is 0.143 e. The Morgan fingerprint density at radius 1 is 1.18 bits per heavy atom. The van der Waals surface area contributed by atoms with Crippen molar-refractivity contribution in [1.29, 1.82) is 0 Å². The van der Waals surface area contributed by atoms with E-state index in [1.807, 2.05) is 6.07 Å². The third-order valence-electron chi connectivity index (χ3n) is 2.58. The van der Waals surface area contributed by atoms with Gasteiger partial charge in [-0.3, -0.25) is 0 Å². The Labute approximate surface area is 127 Å². The molecule has 0 amide bonds. The predicted molar refractivity (Wildman–Crippen MR) is 83.3 cm³/mol. The number of halogens is 3. The average Bonchev–Trinajstić information content (AvgIpc) is 2.60. The van der Waals surface area contributed by atoms with E-state index in [0.717, 1.165) is 14.5 Å². The maximum absolute atomic E-state index is 6.59. The Bertz CT molecular complexity index is 548. The van der Waals surface area contributed by atoms with Gasteiger partial charge in [0.05, 0.1) is 5.38 Å². The molecule has 1 heterocycles. The van der Waals surface area contributed by atoms with Crippen LogP contribution in [-0.4, -0.2) is 0 Å². The van der Waals surface area contributed by atoms with Crippen LogP contribution in [0.15, 0.2) is 33.2 Å². The summed E-state index contributed by atoms with van der Waals surface area (Å²) in [7, 11) is 0. The maximum Gasteiger partial charge on any atom is 0.0942 e. The van der Waals surface area contributed by atoms with Gasteiger partial charge in [-0.25, -0.2) is 0 Å². The second kappa shape index (κ2) is 5.43. The van der Waals surface area contributed by atoms with E-state index in [1.165, 1.54) is 15.3 Å². The Kier molecular flexibility index (Phi) is 4.35. The van der Waals surface area contributed by atoms with Crippen LogP contribution in [0.5, 0.6) is 0 Å². The fourth-order valence-electron chi connectivity index (χ4n) is 1.70. The third-order valence-corrected chi connectivity index (χ3v) is 5.69. The molecule has 90 valence electrons. The Hall–Kier alpha value is 0.170. The fraction of sp³-hybridized carbons (Fsp3) is 0.231. The van der Waals surface area contributed by atoms with Crippen molar-refractivity contribution in [2.45, 2.75) is 19.2 Å². The second-order valence-corrected chi connectivity index (χ2v) is 7.43. The Balaban J connectivity index is 2.46. The number of thiophene rings is 1. The zero-order chi connectivity index (χ0) is 12.6. The molecular weight excluding hydrogens is 383 g/mol. The second-order valence-electron chi connectivity index (χ2n) is 3.93. The molecule has 0 nitrogen and oxygen atoms in total. The molecule has 0 bridgehead atoms. The molecule has 0 saturated heterocycles. The van der Waals surface area contributed by atoms with Crippen LogP contribution in [0.3, 0.4) is 0 Å². The van der Waals surface area contributed by atoms with Crippen molar-refractivity contribution >= 4 is 54.8 Å². The molecule has 1 aromatic carbocycles. The molecule has 1 unspecified atom stereocenters. The summed E-state index contributed by atoms with van der Waals surface area (Å²) in [5.41, 5.74) is 2.37. The van der Waals surface area contributed by atoms with Crippen molar-refractivity contribution in [1.82, 2.24) is 0 Å². The molecule has 17 heavy (non-hydrogen) atoms. The number of hydrogen-bond acceptors (Lipinski definition) is 1. The first-order chi connectivity index (χ1) is 7.99. The molecule has 2 rings (SSSR count). The van der Waals surface area contributed by atoms with E-state index in [9.17, 15) is 0 Å². The highest BCUT2D eigenvalue weighted by molar-refractivity contribution is 9.10. The van der Waals surface area contributed by atoms with Gasteiger partial charge in [0.1, 0.15) is 0 Å². The van der Waals surface area contributed by atoms with Gasteiger partial charge in [-0.05, 0) is 59.1 Å². The van der Waals surface area contributed by atoms with Crippen LogP contribution in [0, 0.1) is 13.8 Å². The summed E-state index contributed by atoms with van der Waals surface area (Å²) in [6, 6.07) is 8.33. The first-order valence-electron chi connectivity index (χ1n) is 5.15. The standard InChI is InChI=1S/C13H11Br2ClS/c1-7-3-4-9(14)6-10(7)12(16)13-11(15)5-8(2)17-13/h3-6,12H,1-2H3. The maximum atomic E-state index is 6.59. The van der Waals surface area contributed by atoms with Crippen molar-refractivity contribution < 1.29 is 0 Å². The van der Waals surface area contributed by atoms with Gasteiger partial charge in [0.2, 0.25) is 0 Å². The molecule has 0 saturated carbocycles. The van der Waals surface area contributed by atoms with Crippen molar-refractivity contribution in [3.8, 4) is 0 Å². The van der Waals surface area contributed by atoms with Gasteiger partial charge in [-0.1, -0.05) is 22.0 Å². The lowest BCUT2D eigenvalue weighted by Gasteiger charge is -2.12. The molecule has 4 heteroatoms. The molecule has 2 aromatic rings. The monoisotopic (exact) mass is 392 g/mol. The molecule has 0 aliphatic rings. The summed E-state index contributed by atoms with van der Waals surface area (Å²) in [5.74, 6) is 0. The van der Waals surface area contributed by atoms with Gasteiger partial charge in [0.15, 0.2) is 0 Å². The highest BCUT2D eigenvalue weighted by atomic mass is 79.9. The van der Waals surface area contributed by atoms with E-state index in [2.05, 4.69) is 63.9 Å². The van der Waals surface area contributed by atoms with Crippen LogP contribution in [-0.2, 0) is 0 Å². The van der Waals surface area contributed by atoms with E-state index < -0.39 is 0 Å². The van der Waals surface area contributed by atoms with Crippen molar-refractivity contribution in [3.63, 3.8) is 0 Å². The molecular formula is C13H11Br2ClS. The minimum Gasteiger partial charge on any atom is -0.143 e. The molecule has 1 atom stereocenters. The van der Waals surface area contributed by atoms with E-state index in [-0.39, 0.29) is 5.38 Å². The number of hydrogen-bond donors (Lipinski definition) is 0. The summed E-state index contributed by atoms with van der Waals surface area (Å²) < 4.78 is 2.16. The Morgan fingerprint density at radius 2 is 1.88 bits per heavy atom. The molecule has 0 N–H and O–H groups in total. The van der Waals surface area contributed by atoms with Gasteiger partial charge in [-0.15, -0.1) is 22.9 Å². The number of aryl methyl sites for hydroxylation is 2. The van der Waals surface area contributed by atoms with Crippen LogP contribution in [0.4, 0.5) is 0 Å². The zero-order valence-corrected chi connectivity index (χ0v) is 14.2. The molecule has 0 aliphatic heterocycles. The van der Waals surface area contributed by atoms with E-state index in [1.54, 1.807) is 11.3 Å². The molecule has 0 spiro atoms. The number of alkyl halides is 1. The van der Waals surface area contributed by atoms with Gasteiger partial charge in [0.25, 0.3) is 0 Å². The van der Waals surface area contributed by atoms with Crippen LogP contribution in [0.25, 0.3) is 0 Å². The molecule has 1 aromatic heterocycles. The van der Waals surface area contributed by atoms with Crippen LogP contribution < -0.4 is 0 Å². The summed E-state index contributed by atoms with van der Waals surface area (Å²) in [4.78, 5) is 2.44. The van der Waals surface area contributed by atoms with Crippen molar-refractivity contribution in [2.75, 3.05) is 0 Å². The smallest absolute Gasteiger partial charge is 0.0942 e. The van der Waals surface area contributed by atoms with E-state index in [0.29, 0.717) is 0 Å². The van der Waals surface area contributed by atoms with Gasteiger partial charge in [0, 0.05) is 18.7 Å². The first kappa shape index (κ1) is 13.6. The minimum atomic E-state index is -0.0967. The zero-order valence-electron chi connectivity index (χ0n) is 9.43. The third kappa shape index (κ3) is 2.95. The van der Waals surface area contributed by atoms with E-state index >= 15 is 0 Å². The highest BCUT2D eigenvalue weighted by Gasteiger charge is 2.18. The highest BCUT2D eigenvalue weighted by Crippen LogP contribution is 2.40. The van der Waals surface area contributed by atoms with Crippen LogP contribution in [0.1, 0.15) is 26.3 Å². The number of rotatable bonds is 2. The molecule has 0 aliphatic carbocycles. The number of benzene rings is 1. The summed E-state index contributed by atoms with van der Waals surface area (Å²) in [6.07, 6.45) is 0. The van der Waals surface area contributed by atoms with Crippen LogP contribution >= 0.6 is 54.8 Å². The SMILES string of the molecule is Cc1cc(Br)c(C(Cl)c2cc(Br)ccc2C)s1. The molecule has 0 fully saturated rings. The lowest BCUT2D eigenvalue weighted by atomic mass is 10.0. The molecule has 0 radical (unpaired) electrons. The summed E-state index contributed by atoms with van der Waals surface area (Å²) >= 11 is 15.4. The first-order valence-corrected chi connectivity index (χ1v) is 7.99. The Morgan fingerprint density at radius 3 is 2.47 bits per heavy atom. The van der Waals surface area contributed by atoms with Gasteiger partial charge >= 0.3 is 0 Å². The van der Waals surface area contributed by atoms with Crippen LogP contribution in [0.2, 0.25) is 0 Å². The predicted octanol–water partition coefficient (Wildman–Crippen LogP) is 6.22. The lowest BCUT2D eigenvalue weighted by Crippen LogP contribution is -1.94. The topological polar surface area (TPSA) is 0 Å². The normalized spacial score (nSPS) is 12.8. The van der Waals surface area contributed by atoms with Gasteiger partial charge in [-0.2, -0.15) is 0 Å². The van der Waals surface area contributed by atoms with Gasteiger partial charge < -0.3 is 0 Å². The fourth-order valence-corrected chi connectivity index (χ4v) is 4.57. The van der Waals surface area contributed by atoms with E-state index in [4.69, 9.17) is 11.6 Å². The van der Waals surface area contributed by atoms with Crippen molar-refractivity contribution in [3.05, 3.63) is 54.1 Å².